The molecule has 2 heterocycles. The Morgan fingerprint density at radius 1 is 0.981 bits per heavy atom. The Morgan fingerprint density at radius 2 is 1.65 bits per heavy atom. The van der Waals surface area contributed by atoms with E-state index in [1.807, 2.05) is 11.0 Å². The van der Waals surface area contributed by atoms with Crippen molar-refractivity contribution in [2.45, 2.75) is 51.2 Å². The minimum absolute atomic E-state index is 0.0457. The van der Waals surface area contributed by atoms with Crippen LogP contribution in [0.4, 0.5) is 22.1 Å². The van der Waals surface area contributed by atoms with Gasteiger partial charge in [-0.05, 0) is 88.7 Å². The van der Waals surface area contributed by atoms with Crippen molar-refractivity contribution in [3.8, 4) is 6.07 Å². The smallest absolute Gasteiger partial charge is 0.407 e. The van der Waals surface area contributed by atoms with Crippen LogP contribution in [0.2, 0.25) is 0 Å². The molecule has 0 bridgehead atoms. The van der Waals surface area contributed by atoms with Crippen molar-refractivity contribution in [3.63, 3.8) is 0 Å². The van der Waals surface area contributed by atoms with Gasteiger partial charge in [-0.25, -0.2) is 31.6 Å². The van der Waals surface area contributed by atoms with E-state index in [2.05, 4.69) is 25.9 Å². The molecule has 280 valence electrons. The zero-order chi connectivity index (χ0) is 38.3. The van der Waals surface area contributed by atoms with Crippen LogP contribution in [0.15, 0.2) is 53.4 Å². The molecule has 1 aliphatic heterocycles. The number of alkyl carbamates (subject to hydrolysis) is 1. The number of rotatable bonds is 13. The van der Waals surface area contributed by atoms with Gasteiger partial charge in [0, 0.05) is 57.7 Å². The highest BCUT2D eigenvalue weighted by Crippen LogP contribution is 2.26. The maximum absolute atomic E-state index is 13.6. The molecule has 0 radical (unpaired) electrons. The molecule has 18 heteroatoms. The quantitative estimate of drug-likeness (QED) is 0.215. The molecule has 0 aliphatic carbocycles. The lowest BCUT2D eigenvalue weighted by Crippen LogP contribution is -2.49. The Labute approximate surface area is 305 Å². The molecule has 2 aromatic carbocycles. The Bertz CT molecular complexity index is 2020. The second-order valence-electron chi connectivity index (χ2n) is 13.2. The van der Waals surface area contributed by atoms with Crippen LogP contribution in [0.3, 0.4) is 0 Å². The van der Waals surface area contributed by atoms with Crippen molar-refractivity contribution in [2.75, 3.05) is 67.1 Å². The third-order valence-corrected chi connectivity index (χ3v) is 11.0. The highest BCUT2D eigenvalue weighted by molar-refractivity contribution is 7.92. The van der Waals surface area contributed by atoms with Crippen LogP contribution in [-0.4, -0.2) is 101 Å². The summed E-state index contributed by atoms with van der Waals surface area (Å²) in [6, 6.07) is 14.2. The lowest BCUT2D eigenvalue weighted by Gasteiger charge is -2.34. The Hall–Kier alpha value is -4.83. The summed E-state index contributed by atoms with van der Waals surface area (Å²) in [6.07, 6.45) is 1.16. The first kappa shape index (κ1) is 39.9. The molecule has 1 fully saturated rings. The number of amides is 2. The third kappa shape index (κ3) is 10.8. The molecule has 3 aromatic rings. The molecule has 1 aliphatic rings. The van der Waals surface area contributed by atoms with Crippen molar-refractivity contribution in [1.82, 2.24) is 24.9 Å². The first-order chi connectivity index (χ1) is 24.4. The van der Waals surface area contributed by atoms with E-state index in [0.29, 0.717) is 56.5 Å². The van der Waals surface area contributed by atoms with Gasteiger partial charge in [0.15, 0.2) is 0 Å². The minimum atomic E-state index is -3.86. The topological polar surface area (TPSA) is 207 Å². The van der Waals surface area contributed by atoms with Gasteiger partial charge in [0.2, 0.25) is 26.0 Å². The fourth-order valence-electron chi connectivity index (χ4n) is 5.22. The zero-order valence-corrected chi connectivity index (χ0v) is 31.8. The molecule has 1 saturated heterocycles. The van der Waals surface area contributed by atoms with Crippen LogP contribution in [-0.2, 0) is 31.3 Å². The van der Waals surface area contributed by atoms with E-state index in [-0.39, 0.29) is 34.9 Å². The molecule has 4 rings (SSSR count). The minimum Gasteiger partial charge on any atom is -0.444 e. The van der Waals surface area contributed by atoms with Crippen molar-refractivity contribution in [3.05, 3.63) is 71.0 Å². The summed E-state index contributed by atoms with van der Waals surface area (Å²) in [6.45, 7) is 9.49. The number of nitriles is 1. The summed E-state index contributed by atoms with van der Waals surface area (Å²) in [7, 11) is -6.21. The number of nitrogens with one attached hydrogen (secondary N) is 3. The predicted octanol–water partition coefficient (Wildman–Crippen LogP) is 2.82. The van der Waals surface area contributed by atoms with Crippen molar-refractivity contribution in [2.24, 2.45) is 0 Å². The SMILES string of the molecule is Cc1cc(C#N)nc(N2CCN(S(=O)(=O)c3ccc(NC(=O)c4cc(CNCCCNC(=O)OC(C)(C)C)ccc4N(C)S(C)(=O)=O)cc3)CC2)n1. The van der Waals surface area contributed by atoms with Crippen LogP contribution in [0.1, 0.15) is 54.5 Å². The van der Waals surface area contributed by atoms with Crippen LogP contribution < -0.4 is 25.2 Å². The van der Waals surface area contributed by atoms with E-state index in [9.17, 15) is 31.7 Å². The largest absolute Gasteiger partial charge is 0.444 e. The van der Waals surface area contributed by atoms with E-state index in [1.165, 1.54) is 35.6 Å². The number of benzene rings is 2. The summed E-state index contributed by atoms with van der Waals surface area (Å²) in [5.41, 5.74) is 1.61. The predicted molar refractivity (Wildman–Crippen MR) is 197 cm³/mol. The molecule has 2 amide bonds. The van der Waals surface area contributed by atoms with E-state index < -0.39 is 37.6 Å². The third-order valence-electron chi connectivity index (χ3n) is 7.90. The normalized spacial score (nSPS) is 14.0. The van der Waals surface area contributed by atoms with E-state index in [0.717, 1.165) is 16.1 Å². The Morgan fingerprint density at radius 3 is 2.27 bits per heavy atom. The summed E-state index contributed by atoms with van der Waals surface area (Å²) in [5, 5.41) is 17.9. The van der Waals surface area contributed by atoms with Crippen LogP contribution in [0.25, 0.3) is 0 Å². The van der Waals surface area contributed by atoms with Crippen molar-refractivity contribution in [1.29, 1.82) is 5.26 Å². The highest BCUT2D eigenvalue weighted by atomic mass is 32.2. The van der Waals surface area contributed by atoms with Gasteiger partial charge in [-0.3, -0.25) is 9.10 Å². The van der Waals surface area contributed by atoms with Crippen LogP contribution in [0.5, 0.6) is 0 Å². The second kappa shape index (κ2) is 16.7. The van der Waals surface area contributed by atoms with E-state index in [4.69, 9.17) is 4.74 Å². The molecule has 0 atom stereocenters. The average Bonchev–Trinajstić information content (AvgIpc) is 3.08. The number of anilines is 3. The molecule has 16 nitrogen and oxygen atoms in total. The molecule has 1 aromatic heterocycles. The van der Waals surface area contributed by atoms with Crippen molar-refractivity contribution >= 4 is 49.4 Å². The average molecular weight is 756 g/mol. The van der Waals surface area contributed by atoms with Gasteiger partial charge in [-0.1, -0.05) is 6.07 Å². The second-order valence-corrected chi connectivity index (χ2v) is 17.2. The fourth-order valence-corrected chi connectivity index (χ4v) is 7.16. The van der Waals surface area contributed by atoms with E-state index in [1.54, 1.807) is 52.0 Å². The fraction of sp³-hybridized carbons (Fsp3) is 0.441. The number of aromatic nitrogens is 2. The van der Waals surface area contributed by atoms with Gasteiger partial charge < -0.3 is 25.6 Å². The highest BCUT2D eigenvalue weighted by Gasteiger charge is 2.30. The Balaban J connectivity index is 1.39. The molecule has 3 N–H and O–H groups in total. The monoisotopic (exact) mass is 755 g/mol. The number of hydrogen-bond donors (Lipinski definition) is 3. The van der Waals surface area contributed by atoms with Gasteiger partial charge in [-0.2, -0.15) is 9.57 Å². The van der Waals surface area contributed by atoms with Gasteiger partial charge in [-0.15, -0.1) is 0 Å². The molecule has 0 unspecified atom stereocenters. The number of sulfonamides is 2. The maximum atomic E-state index is 13.6. The summed E-state index contributed by atoms with van der Waals surface area (Å²) in [4.78, 5) is 35.9. The van der Waals surface area contributed by atoms with Gasteiger partial charge >= 0.3 is 6.09 Å². The molecule has 0 spiro atoms. The number of carbonyl (C=O) groups excluding carboxylic acids is 2. The van der Waals surface area contributed by atoms with Gasteiger partial charge in [0.05, 0.1) is 22.4 Å². The number of carbonyl (C=O) groups is 2. The van der Waals surface area contributed by atoms with E-state index >= 15 is 0 Å². The number of piperazine rings is 1. The van der Waals surface area contributed by atoms with Crippen LogP contribution in [0, 0.1) is 18.3 Å². The number of aryl methyl sites for hydroxylation is 1. The summed E-state index contributed by atoms with van der Waals surface area (Å²) >= 11 is 0. The van der Waals surface area contributed by atoms with Gasteiger partial charge in [0.1, 0.15) is 17.4 Å². The summed E-state index contributed by atoms with van der Waals surface area (Å²) in [5.74, 6) is -0.204. The lowest BCUT2D eigenvalue weighted by molar-refractivity contribution is 0.0527. The van der Waals surface area contributed by atoms with Crippen molar-refractivity contribution < 1.29 is 31.2 Å². The first-order valence-corrected chi connectivity index (χ1v) is 19.8. The standard InChI is InChI=1S/C34H45N9O7S2/c1-24-20-27(22-35)40-32(38-24)42-16-18-43(19-17-42)52(48,49)28-11-9-26(10-12-28)39-31(44)29-21-25(8-13-30(29)41(5)51(6,46)47)23-36-14-7-15-37-33(45)50-34(2,3)4/h8-13,20-21,36H,7,14-19,23H2,1-6H3,(H,37,45)(H,39,44). The molecular formula is C34H45N9O7S2. The van der Waals surface area contributed by atoms with Crippen LogP contribution >= 0.6 is 0 Å². The summed E-state index contributed by atoms with van der Waals surface area (Å²) < 4.78 is 59.3. The molecule has 52 heavy (non-hydrogen) atoms. The molecule has 0 saturated carbocycles. The number of nitrogens with zero attached hydrogens (tertiary/aromatic N) is 6. The lowest BCUT2D eigenvalue weighted by atomic mass is 10.1. The first-order valence-electron chi connectivity index (χ1n) is 16.5. The maximum Gasteiger partial charge on any atom is 0.407 e. The number of ether oxygens (including phenoxy) is 1. The molecular weight excluding hydrogens is 711 g/mol. The zero-order valence-electron chi connectivity index (χ0n) is 30.1. The number of hydrogen-bond acceptors (Lipinski definition) is 12. The van der Waals surface area contributed by atoms with Gasteiger partial charge in [0.25, 0.3) is 5.91 Å². The Kier molecular flexibility index (Phi) is 12.8.